The number of rotatable bonds is 3. The van der Waals surface area contributed by atoms with Gasteiger partial charge in [-0.05, 0) is 44.4 Å². The Balaban J connectivity index is 1.86. The van der Waals surface area contributed by atoms with Crippen LogP contribution in [0.25, 0.3) is 0 Å². The average Bonchev–Trinajstić information content (AvgIpc) is 2.82. The van der Waals surface area contributed by atoms with Crippen LogP contribution in [0.1, 0.15) is 17.7 Å². The van der Waals surface area contributed by atoms with Crippen LogP contribution in [0.4, 0.5) is 0 Å². The van der Waals surface area contributed by atoms with Crippen LogP contribution in [0.5, 0.6) is 0 Å². The van der Waals surface area contributed by atoms with Crippen molar-refractivity contribution in [2.45, 2.75) is 25.3 Å². The summed E-state index contributed by atoms with van der Waals surface area (Å²) < 4.78 is 0. The van der Waals surface area contributed by atoms with Crippen LogP contribution in [0, 0.1) is 0 Å². The molecule has 0 aliphatic carbocycles. The Morgan fingerprint density at radius 3 is 2.82 bits per heavy atom. The molecule has 0 bridgehead atoms. The maximum absolute atomic E-state index is 12.1. The number of nitrogens with zero attached hydrogens (tertiary/aromatic N) is 2. The molecule has 0 N–H and O–H groups in total. The summed E-state index contributed by atoms with van der Waals surface area (Å²) in [5.41, 5.74) is 0. The molecular weight excluding hydrogens is 232 g/mol. The highest BCUT2D eigenvalue weighted by Crippen LogP contribution is 2.16. The molecule has 0 aromatic carbocycles. The van der Waals surface area contributed by atoms with Crippen molar-refractivity contribution in [2.24, 2.45) is 0 Å². The van der Waals surface area contributed by atoms with Gasteiger partial charge in [0.15, 0.2) is 0 Å². The van der Waals surface area contributed by atoms with E-state index in [0.717, 1.165) is 30.8 Å². The number of likely N-dealkylation sites (N-methyl/N-ethyl adjacent to an activating group) is 1. The SMILES string of the molecule is CN1CCC(N(C)C(=O)Cc2cccs2)CC1. The van der Waals surface area contributed by atoms with Crippen LogP contribution >= 0.6 is 11.3 Å². The second-order valence-electron chi connectivity index (χ2n) is 4.80. The summed E-state index contributed by atoms with van der Waals surface area (Å²) in [4.78, 5) is 17.6. The maximum Gasteiger partial charge on any atom is 0.227 e. The molecule has 3 nitrogen and oxygen atoms in total. The molecule has 2 heterocycles. The van der Waals surface area contributed by atoms with Gasteiger partial charge in [-0.3, -0.25) is 4.79 Å². The van der Waals surface area contributed by atoms with Gasteiger partial charge in [-0.2, -0.15) is 0 Å². The Hall–Kier alpha value is -0.870. The van der Waals surface area contributed by atoms with Crippen LogP contribution in [-0.4, -0.2) is 48.9 Å². The minimum absolute atomic E-state index is 0.252. The Morgan fingerprint density at radius 1 is 1.53 bits per heavy atom. The third-order valence-electron chi connectivity index (χ3n) is 3.53. The quantitative estimate of drug-likeness (QED) is 0.819. The van der Waals surface area contributed by atoms with E-state index in [-0.39, 0.29) is 5.91 Å². The molecule has 1 aromatic rings. The van der Waals surface area contributed by atoms with E-state index < -0.39 is 0 Å². The van der Waals surface area contributed by atoms with Crippen molar-refractivity contribution in [2.75, 3.05) is 27.2 Å². The van der Waals surface area contributed by atoms with Crippen LogP contribution in [-0.2, 0) is 11.2 Å². The number of amides is 1. The van der Waals surface area contributed by atoms with E-state index in [2.05, 4.69) is 11.9 Å². The topological polar surface area (TPSA) is 23.6 Å². The van der Waals surface area contributed by atoms with E-state index in [1.807, 2.05) is 29.5 Å². The molecule has 0 atom stereocenters. The second kappa shape index (κ2) is 5.65. The lowest BCUT2D eigenvalue weighted by Crippen LogP contribution is -2.44. The van der Waals surface area contributed by atoms with Gasteiger partial charge in [0.2, 0.25) is 5.91 Å². The van der Waals surface area contributed by atoms with Crippen LogP contribution in [0.15, 0.2) is 17.5 Å². The van der Waals surface area contributed by atoms with Crippen molar-refractivity contribution in [3.05, 3.63) is 22.4 Å². The first-order valence-corrected chi connectivity index (χ1v) is 7.01. The third kappa shape index (κ3) is 3.30. The Labute approximate surface area is 107 Å². The molecular formula is C13H20N2OS. The predicted octanol–water partition coefficient (Wildman–Crippen LogP) is 1.84. The molecule has 0 spiro atoms. The fraction of sp³-hybridized carbons (Fsp3) is 0.615. The Bertz CT molecular complexity index is 356. The molecule has 1 aliphatic rings. The van der Waals surface area contributed by atoms with Crippen molar-refractivity contribution in [3.8, 4) is 0 Å². The molecule has 1 saturated heterocycles. The number of carbonyl (C=O) groups is 1. The molecule has 17 heavy (non-hydrogen) atoms. The third-order valence-corrected chi connectivity index (χ3v) is 4.41. The second-order valence-corrected chi connectivity index (χ2v) is 5.83. The van der Waals surface area contributed by atoms with Gasteiger partial charge < -0.3 is 9.80 Å². The molecule has 1 amide bonds. The lowest BCUT2D eigenvalue weighted by molar-refractivity contribution is -0.132. The smallest absolute Gasteiger partial charge is 0.227 e. The summed E-state index contributed by atoms with van der Waals surface area (Å²) in [5.74, 6) is 0.252. The minimum Gasteiger partial charge on any atom is -0.342 e. The van der Waals surface area contributed by atoms with E-state index >= 15 is 0 Å². The fourth-order valence-electron chi connectivity index (χ4n) is 2.27. The highest BCUT2D eigenvalue weighted by atomic mass is 32.1. The van der Waals surface area contributed by atoms with E-state index in [1.165, 1.54) is 0 Å². The average molecular weight is 252 g/mol. The van der Waals surface area contributed by atoms with Crippen molar-refractivity contribution < 1.29 is 4.79 Å². The maximum atomic E-state index is 12.1. The van der Waals surface area contributed by atoms with Gasteiger partial charge in [0, 0.05) is 18.0 Å². The van der Waals surface area contributed by atoms with Gasteiger partial charge in [-0.25, -0.2) is 0 Å². The molecule has 1 fully saturated rings. The number of carbonyl (C=O) groups excluding carboxylic acids is 1. The Morgan fingerprint density at radius 2 is 2.24 bits per heavy atom. The minimum atomic E-state index is 0.252. The van der Waals surface area contributed by atoms with Gasteiger partial charge in [0.1, 0.15) is 0 Å². The van der Waals surface area contributed by atoms with Gasteiger partial charge in [0.25, 0.3) is 0 Å². The molecule has 4 heteroatoms. The molecule has 2 rings (SSSR count). The number of piperidine rings is 1. The van der Waals surface area contributed by atoms with Gasteiger partial charge >= 0.3 is 0 Å². The normalized spacial score (nSPS) is 18.2. The summed E-state index contributed by atoms with van der Waals surface area (Å²) in [6.07, 6.45) is 2.76. The van der Waals surface area contributed by atoms with Crippen molar-refractivity contribution >= 4 is 17.2 Å². The lowest BCUT2D eigenvalue weighted by Gasteiger charge is -2.35. The van der Waals surface area contributed by atoms with Crippen LogP contribution < -0.4 is 0 Å². The van der Waals surface area contributed by atoms with Crippen molar-refractivity contribution in [1.82, 2.24) is 9.80 Å². The molecule has 1 aromatic heterocycles. The van der Waals surface area contributed by atoms with Crippen LogP contribution in [0.2, 0.25) is 0 Å². The molecule has 1 aliphatic heterocycles. The lowest BCUT2D eigenvalue weighted by atomic mass is 10.0. The van der Waals surface area contributed by atoms with Gasteiger partial charge in [-0.1, -0.05) is 6.07 Å². The van der Waals surface area contributed by atoms with Gasteiger partial charge in [-0.15, -0.1) is 11.3 Å². The number of hydrogen-bond acceptors (Lipinski definition) is 3. The van der Waals surface area contributed by atoms with E-state index in [1.54, 1.807) is 11.3 Å². The fourth-order valence-corrected chi connectivity index (χ4v) is 2.97. The first-order chi connectivity index (χ1) is 8.16. The van der Waals surface area contributed by atoms with E-state index in [4.69, 9.17) is 0 Å². The molecule has 0 saturated carbocycles. The summed E-state index contributed by atoms with van der Waals surface area (Å²) in [6.45, 7) is 2.20. The van der Waals surface area contributed by atoms with Crippen molar-refractivity contribution in [1.29, 1.82) is 0 Å². The highest BCUT2D eigenvalue weighted by Gasteiger charge is 2.23. The zero-order valence-electron chi connectivity index (χ0n) is 10.6. The zero-order chi connectivity index (χ0) is 12.3. The van der Waals surface area contributed by atoms with Crippen LogP contribution in [0.3, 0.4) is 0 Å². The monoisotopic (exact) mass is 252 g/mol. The summed E-state index contributed by atoms with van der Waals surface area (Å²) in [5, 5.41) is 2.03. The Kier molecular flexibility index (Phi) is 4.18. The number of thiophene rings is 1. The van der Waals surface area contributed by atoms with Crippen molar-refractivity contribution in [3.63, 3.8) is 0 Å². The largest absolute Gasteiger partial charge is 0.342 e. The summed E-state index contributed by atoms with van der Waals surface area (Å²) in [7, 11) is 4.09. The summed E-state index contributed by atoms with van der Waals surface area (Å²) >= 11 is 1.66. The first-order valence-electron chi connectivity index (χ1n) is 6.13. The highest BCUT2D eigenvalue weighted by molar-refractivity contribution is 7.10. The van der Waals surface area contributed by atoms with E-state index in [9.17, 15) is 4.79 Å². The number of hydrogen-bond donors (Lipinski definition) is 0. The zero-order valence-corrected chi connectivity index (χ0v) is 11.4. The standard InChI is InChI=1S/C13H20N2OS/c1-14-7-5-11(6-8-14)15(2)13(16)10-12-4-3-9-17-12/h3-4,9,11H,5-8,10H2,1-2H3. The molecule has 94 valence electrons. The number of likely N-dealkylation sites (tertiary alicyclic amines) is 1. The van der Waals surface area contributed by atoms with E-state index in [0.29, 0.717) is 12.5 Å². The summed E-state index contributed by atoms with van der Waals surface area (Å²) in [6, 6.07) is 4.46. The molecule has 0 unspecified atom stereocenters. The molecule has 0 radical (unpaired) electrons. The van der Waals surface area contributed by atoms with Gasteiger partial charge in [0.05, 0.1) is 6.42 Å². The predicted molar refractivity (Wildman–Crippen MR) is 71.3 cm³/mol. The first kappa shape index (κ1) is 12.6.